The lowest BCUT2D eigenvalue weighted by atomic mass is 10.1. The molecule has 0 unspecified atom stereocenters. The molecule has 1 aromatic heterocycles. The number of pyridine rings is 1. The number of hydrogen-bond donors (Lipinski definition) is 1. The van der Waals surface area contributed by atoms with Crippen molar-refractivity contribution in [3.8, 4) is 11.5 Å². The molecule has 0 saturated heterocycles. The summed E-state index contributed by atoms with van der Waals surface area (Å²) in [5.74, 6) is 1.36. The Labute approximate surface area is 166 Å². The number of aryl methyl sites for hydroxylation is 2. The number of halogens is 1. The lowest BCUT2D eigenvalue weighted by Gasteiger charge is -2.10. The van der Waals surface area contributed by atoms with E-state index in [0.29, 0.717) is 11.3 Å². The molecule has 0 saturated carbocycles. The van der Waals surface area contributed by atoms with Crippen LogP contribution in [0.3, 0.4) is 0 Å². The Morgan fingerprint density at radius 1 is 1.08 bits per heavy atom. The van der Waals surface area contributed by atoms with Crippen LogP contribution >= 0.6 is 22.6 Å². The second kappa shape index (κ2) is 8.31. The van der Waals surface area contributed by atoms with Crippen LogP contribution in [-0.4, -0.2) is 10.9 Å². The number of benzene rings is 2. The molecule has 4 nitrogen and oxygen atoms in total. The van der Waals surface area contributed by atoms with Gasteiger partial charge in [0.2, 0.25) is 0 Å². The van der Waals surface area contributed by atoms with Gasteiger partial charge in [0, 0.05) is 11.4 Å². The van der Waals surface area contributed by atoms with Gasteiger partial charge in [0.1, 0.15) is 11.5 Å². The maximum atomic E-state index is 12.5. The van der Waals surface area contributed by atoms with E-state index in [-0.39, 0.29) is 5.91 Å². The number of rotatable bonds is 5. The van der Waals surface area contributed by atoms with Gasteiger partial charge in [0.15, 0.2) is 0 Å². The lowest BCUT2D eigenvalue weighted by Crippen LogP contribution is -2.14. The Morgan fingerprint density at radius 2 is 1.81 bits per heavy atom. The van der Waals surface area contributed by atoms with Crippen molar-refractivity contribution in [2.24, 2.45) is 0 Å². The summed E-state index contributed by atoms with van der Waals surface area (Å²) in [7, 11) is 0. The third kappa shape index (κ3) is 4.40. The van der Waals surface area contributed by atoms with Gasteiger partial charge in [-0.3, -0.25) is 9.78 Å². The first-order valence-electron chi connectivity index (χ1n) is 8.37. The zero-order valence-corrected chi connectivity index (χ0v) is 16.8. The minimum atomic E-state index is -0.163. The number of nitrogens with one attached hydrogen (secondary N) is 1. The summed E-state index contributed by atoms with van der Waals surface area (Å²) >= 11 is 2.24. The van der Waals surface area contributed by atoms with Crippen LogP contribution in [0.4, 0.5) is 5.69 Å². The average molecular weight is 458 g/mol. The highest BCUT2D eigenvalue weighted by atomic mass is 127. The summed E-state index contributed by atoms with van der Waals surface area (Å²) in [6.07, 6.45) is 0.852. The molecule has 0 radical (unpaired) electrons. The van der Waals surface area contributed by atoms with Gasteiger partial charge in [-0.2, -0.15) is 0 Å². The minimum absolute atomic E-state index is 0.163. The zero-order chi connectivity index (χ0) is 18.5. The standard InChI is InChI=1S/C21H19IN2O2/c1-3-15-10-13-18(14(2)23-15)21(25)24-16-8-11-17(12-9-16)26-20-7-5-4-6-19(20)22/h4-13H,3H2,1-2H3,(H,24,25). The van der Waals surface area contributed by atoms with Crippen molar-refractivity contribution in [3.63, 3.8) is 0 Å². The Bertz CT molecular complexity index is 924. The van der Waals surface area contributed by atoms with E-state index in [9.17, 15) is 4.79 Å². The molecule has 132 valence electrons. The van der Waals surface area contributed by atoms with Crippen LogP contribution in [0, 0.1) is 10.5 Å². The van der Waals surface area contributed by atoms with Crippen molar-refractivity contribution in [1.82, 2.24) is 4.98 Å². The van der Waals surface area contributed by atoms with Gasteiger partial charge in [-0.25, -0.2) is 0 Å². The van der Waals surface area contributed by atoms with E-state index in [1.807, 2.05) is 74.5 Å². The molecule has 0 aliphatic carbocycles. The van der Waals surface area contributed by atoms with Gasteiger partial charge < -0.3 is 10.1 Å². The number of amides is 1. The average Bonchev–Trinajstić information content (AvgIpc) is 2.65. The molecular weight excluding hydrogens is 439 g/mol. The number of nitrogens with zero attached hydrogens (tertiary/aromatic N) is 1. The molecule has 0 bridgehead atoms. The highest BCUT2D eigenvalue weighted by Gasteiger charge is 2.11. The molecule has 0 fully saturated rings. The molecule has 1 heterocycles. The molecule has 1 amide bonds. The molecule has 0 aliphatic heterocycles. The van der Waals surface area contributed by atoms with Gasteiger partial charge in [-0.1, -0.05) is 19.1 Å². The monoisotopic (exact) mass is 458 g/mol. The Hall–Kier alpha value is -2.41. The van der Waals surface area contributed by atoms with Crippen LogP contribution in [-0.2, 0) is 6.42 Å². The fourth-order valence-corrected chi connectivity index (χ4v) is 3.01. The Balaban J connectivity index is 1.69. The van der Waals surface area contributed by atoms with Crippen molar-refractivity contribution < 1.29 is 9.53 Å². The van der Waals surface area contributed by atoms with Crippen molar-refractivity contribution in [2.75, 3.05) is 5.32 Å². The summed E-state index contributed by atoms with van der Waals surface area (Å²) < 4.78 is 6.91. The maximum absolute atomic E-state index is 12.5. The smallest absolute Gasteiger partial charge is 0.257 e. The number of carbonyl (C=O) groups excluding carboxylic acids is 1. The maximum Gasteiger partial charge on any atom is 0.257 e. The topological polar surface area (TPSA) is 51.2 Å². The van der Waals surface area contributed by atoms with Crippen LogP contribution in [0.5, 0.6) is 11.5 Å². The third-order valence-electron chi connectivity index (χ3n) is 3.93. The van der Waals surface area contributed by atoms with E-state index in [1.54, 1.807) is 0 Å². The van der Waals surface area contributed by atoms with E-state index >= 15 is 0 Å². The molecule has 26 heavy (non-hydrogen) atoms. The van der Waals surface area contributed by atoms with E-state index in [2.05, 4.69) is 32.9 Å². The predicted molar refractivity (Wildman–Crippen MR) is 112 cm³/mol. The number of para-hydroxylation sites is 1. The first-order valence-corrected chi connectivity index (χ1v) is 9.45. The number of aromatic nitrogens is 1. The molecule has 3 rings (SSSR count). The third-order valence-corrected chi connectivity index (χ3v) is 4.82. The van der Waals surface area contributed by atoms with Crippen LogP contribution in [0.15, 0.2) is 60.7 Å². The second-order valence-corrected chi connectivity index (χ2v) is 6.96. The van der Waals surface area contributed by atoms with Crippen LogP contribution in [0.25, 0.3) is 0 Å². The predicted octanol–water partition coefficient (Wildman–Crippen LogP) is 5.60. The molecule has 5 heteroatoms. The van der Waals surface area contributed by atoms with E-state index < -0.39 is 0 Å². The van der Waals surface area contributed by atoms with Crippen molar-refractivity contribution in [2.45, 2.75) is 20.3 Å². The first kappa shape index (κ1) is 18.4. The summed E-state index contributed by atoms with van der Waals surface area (Å²) in [6.45, 7) is 3.90. The van der Waals surface area contributed by atoms with Crippen LogP contribution < -0.4 is 10.1 Å². The summed E-state index contributed by atoms with van der Waals surface area (Å²) in [4.78, 5) is 16.9. The van der Waals surface area contributed by atoms with Gasteiger partial charge >= 0.3 is 0 Å². The van der Waals surface area contributed by atoms with Gasteiger partial charge in [0.05, 0.1) is 14.8 Å². The molecule has 0 aliphatic rings. The molecule has 1 N–H and O–H groups in total. The summed E-state index contributed by atoms with van der Waals surface area (Å²) in [5.41, 5.74) is 3.02. The molecule has 2 aromatic carbocycles. The minimum Gasteiger partial charge on any atom is -0.456 e. The van der Waals surface area contributed by atoms with E-state index in [4.69, 9.17) is 4.74 Å². The number of ether oxygens (including phenoxy) is 1. The van der Waals surface area contributed by atoms with E-state index in [0.717, 1.165) is 32.9 Å². The Kier molecular flexibility index (Phi) is 5.88. The van der Waals surface area contributed by atoms with Crippen molar-refractivity contribution in [1.29, 1.82) is 0 Å². The molecule has 3 aromatic rings. The van der Waals surface area contributed by atoms with E-state index in [1.165, 1.54) is 0 Å². The van der Waals surface area contributed by atoms with Gasteiger partial charge in [-0.15, -0.1) is 0 Å². The quantitative estimate of drug-likeness (QED) is 0.507. The van der Waals surface area contributed by atoms with Gasteiger partial charge in [0.25, 0.3) is 5.91 Å². The number of anilines is 1. The molecular formula is C21H19IN2O2. The highest BCUT2D eigenvalue weighted by molar-refractivity contribution is 14.1. The summed E-state index contributed by atoms with van der Waals surface area (Å²) in [6, 6.07) is 18.9. The molecule has 0 atom stereocenters. The zero-order valence-electron chi connectivity index (χ0n) is 14.6. The normalized spacial score (nSPS) is 10.4. The number of carbonyl (C=O) groups is 1. The second-order valence-electron chi connectivity index (χ2n) is 5.80. The van der Waals surface area contributed by atoms with Crippen LogP contribution in [0.2, 0.25) is 0 Å². The van der Waals surface area contributed by atoms with Crippen LogP contribution in [0.1, 0.15) is 28.7 Å². The molecule has 0 spiro atoms. The van der Waals surface area contributed by atoms with Crippen molar-refractivity contribution >= 4 is 34.2 Å². The summed E-state index contributed by atoms with van der Waals surface area (Å²) in [5, 5.41) is 2.90. The highest BCUT2D eigenvalue weighted by Crippen LogP contribution is 2.27. The fourth-order valence-electron chi connectivity index (χ4n) is 2.51. The lowest BCUT2D eigenvalue weighted by molar-refractivity contribution is 0.102. The first-order chi connectivity index (χ1) is 12.6. The SMILES string of the molecule is CCc1ccc(C(=O)Nc2ccc(Oc3ccccc3I)cc2)c(C)n1. The fraction of sp³-hybridized carbons (Fsp3) is 0.143. The van der Waals surface area contributed by atoms with Gasteiger partial charge in [-0.05, 0) is 84.5 Å². The van der Waals surface area contributed by atoms with Crippen molar-refractivity contribution in [3.05, 3.63) is 81.2 Å². The Morgan fingerprint density at radius 3 is 2.46 bits per heavy atom. The largest absolute Gasteiger partial charge is 0.456 e. The number of hydrogen-bond acceptors (Lipinski definition) is 3.